The molecule has 5 heteroatoms. The van der Waals surface area contributed by atoms with Crippen molar-refractivity contribution in [3.05, 3.63) is 41.7 Å². The van der Waals surface area contributed by atoms with Gasteiger partial charge in [-0.3, -0.25) is 9.36 Å². The van der Waals surface area contributed by atoms with Crippen LogP contribution in [0.25, 0.3) is 5.69 Å². The first-order valence-corrected chi connectivity index (χ1v) is 7.40. The minimum Gasteiger partial charge on any atom is -0.358 e. The summed E-state index contributed by atoms with van der Waals surface area (Å²) in [7, 11) is 1.65. The van der Waals surface area contributed by atoms with E-state index in [4.69, 9.17) is 0 Å². The quantitative estimate of drug-likeness (QED) is 0.880. The molecule has 2 rings (SSSR count). The van der Waals surface area contributed by atoms with E-state index in [1.807, 2.05) is 17.7 Å². The van der Waals surface area contributed by atoms with Gasteiger partial charge in [0.15, 0.2) is 5.16 Å². The lowest BCUT2D eigenvalue weighted by Gasteiger charge is -2.13. The highest BCUT2D eigenvalue weighted by Gasteiger charge is 2.16. The smallest absolute Gasteiger partial charge is 0.233 e. The summed E-state index contributed by atoms with van der Waals surface area (Å²) in [6.45, 7) is 6.04. The molecular formula is C15H19N3OS. The zero-order valence-electron chi connectivity index (χ0n) is 12.2. The number of benzene rings is 1. The minimum atomic E-state index is -0.174. The first-order valence-electron chi connectivity index (χ1n) is 6.52. The number of hydrogen-bond acceptors (Lipinski definition) is 3. The fraction of sp³-hybridized carbons (Fsp3) is 0.333. The summed E-state index contributed by atoms with van der Waals surface area (Å²) in [6, 6.07) is 6.31. The van der Waals surface area contributed by atoms with Crippen molar-refractivity contribution in [2.75, 3.05) is 7.05 Å². The Labute approximate surface area is 123 Å². The predicted molar refractivity (Wildman–Crippen MR) is 82.4 cm³/mol. The molecule has 4 nitrogen and oxygen atoms in total. The van der Waals surface area contributed by atoms with Crippen molar-refractivity contribution in [3.63, 3.8) is 0 Å². The van der Waals surface area contributed by atoms with Crippen LogP contribution in [0.2, 0.25) is 0 Å². The Bertz CT molecular complexity index is 621. The van der Waals surface area contributed by atoms with Crippen molar-refractivity contribution in [1.29, 1.82) is 0 Å². The van der Waals surface area contributed by atoms with Gasteiger partial charge in [-0.25, -0.2) is 4.98 Å². The molecule has 0 fully saturated rings. The minimum absolute atomic E-state index is 0.00479. The number of imidazole rings is 1. The van der Waals surface area contributed by atoms with E-state index >= 15 is 0 Å². The van der Waals surface area contributed by atoms with E-state index in [-0.39, 0.29) is 11.2 Å². The highest BCUT2D eigenvalue weighted by atomic mass is 32.2. The maximum absolute atomic E-state index is 11.6. The Morgan fingerprint density at radius 3 is 2.80 bits per heavy atom. The van der Waals surface area contributed by atoms with Crippen LogP contribution in [0.4, 0.5) is 0 Å². The summed E-state index contributed by atoms with van der Waals surface area (Å²) >= 11 is 1.46. The predicted octanol–water partition coefficient (Wildman–Crippen LogP) is 2.72. The number of carbonyl (C=O) groups is 1. The Morgan fingerprint density at radius 1 is 1.40 bits per heavy atom. The molecule has 0 aliphatic heterocycles. The second kappa shape index (κ2) is 6.13. The third kappa shape index (κ3) is 3.04. The van der Waals surface area contributed by atoms with E-state index in [9.17, 15) is 4.79 Å². The Kier molecular flexibility index (Phi) is 4.49. The lowest BCUT2D eigenvalue weighted by Crippen LogP contribution is -2.27. The van der Waals surface area contributed by atoms with Crippen molar-refractivity contribution in [2.24, 2.45) is 0 Å². The van der Waals surface area contributed by atoms with Gasteiger partial charge in [-0.2, -0.15) is 0 Å². The number of nitrogens with zero attached hydrogens (tertiary/aromatic N) is 2. The Hall–Kier alpha value is -1.75. The maximum atomic E-state index is 11.6. The molecule has 2 aromatic rings. The topological polar surface area (TPSA) is 46.9 Å². The summed E-state index contributed by atoms with van der Waals surface area (Å²) in [5.74, 6) is 0.00479. The molecule has 0 bridgehead atoms. The average molecular weight is 289 g/mol. The molecule has 0 aliphatic rings. The summed E-state index contributed by atoms with van der Waals surface area (Å²) in [5.41, 5.74) is 3.52. The van der Waals surface area contributed by atoms with Crippen molar-refractivity contribution in [2.45, 2.75) is 31.2 Å². The molecule has 0 aliphatic carbocycles. The van der Waals surface area contributed by atoms with Gasteiger partial charge >= 0.3 is 0 Å². The van der Waals surface area contributed by atoms with Crippen LogP contribution in [0.1, 0.15) is 18.1 Å². The van der Waals surface area contributed by atoms with Crippen LogP contribution in [-0.2, 0) is 4.79 Å². The first-order chi connectivity index (χ1) is 9.52. The molecule has 1 aromatic heterocycles. The highest BCUT2D eigenvalue weighted by Crippen LogP contribution is 2.26. The van der Waals surface area contributed by atoms with E-state index in [2.05, 4.69) is 42.3 Å². The molecule has 1 amide bonds. The number of aromatic nitrogens is 2. The lowest BCUT2D eigenvalue weighted by atomic mass is 10.1. The van der Waals surface area contributed by atoms with Crippen molar-refractivity contribution in [1.82, 2.24) is 14.9 Å². The van der Waals surface area contributed by atoms with Crippen LogP contribution in [-0.4, -0.2) is 27.8 Å². The molecule has 1 atom stereocenters. The lowest BCUT2D eigenvalue weighted by molar-refractivity contribution is -0.119. The van der Waals surface area contributed by atoms with Crippen molar-refractivity contribution in [3.8, 4) is 5.69 Å². The molecule has 0 spiro atoms. The number of aryl methyl sites for hydroxylation is 2. The number of hydrogen-bond donors (Lipinski definition) is 1. The van der Waals surface area contributed by atoms with Gasteiger partial charge < -0.3 is 5.32 Å². The highest BCUT2D eigenvalue weighted by molar-refractivity contribution is 8.00. The van der Waals surface area contributed by atoms with Gasteiger partial charge in [-0.15, -0.1) is 0 Å². The van der Waals surface area contributed by atoms with Gasteiger partial charge in [0.1, 0.15) is 0 Å². The number of nitrogens with one attached hydrogen (secondary N) is 1. The molecule has 106 valence electrons. The van der Waals surface area contributed by atoms with Gasteiger partial charge in [0, 0.05) is 19.4 Å². The summed E-state index contributed by atoms with van der Waals surface area (Å²) in [4.78, 5) is 16.0. The fourth-order valence-electron chi connectivity index (χ4n) is 2.05. The zero-order chi connectivity index (χ0) is 14.7. The molecule has 20 heavy (non-hydrogen) atoms. The Balaban J connectivity index is 2.31. The van der Waals surface area contributed by atoms with E-state index in [0.717, 1.165) is 10.8 Å². The largest absolute Gasteiger partial charge is 0.358 e. The standard InChI is InChI=1S/C15H19N3OS/c1-10-5-6-13(11(2)9-10)18-8-7-17-15(18)20-12(3)14(19)16-4/h5-9,12H,1-4H3,(H,16,19). The second-order valence-electron chi connectivity index (χ2n) is 4.74. The van der Waals surface area contributed by atoms with Crippen molar-refractivity contribution >= 4 is 17.7 Å². The molecule has 0 saturated heterocycles. The van der Waals surface area contributed by atoms with E-state index in [1.165, 1.54) is 22.9 Å². The first kappa shape index (κ1) is 14.7. The van der Waals surface area contributed by atoms with Crippen LogP contribution in [0, 0.1) is 13.8 Å². The number of amides is 1. The number of rotatable bonds is 4. The number of carbonyl (C=O) groups excluding carboxylic acids is 1. The van der Waals surface area contributed by atoms with E-state index in [1.54, 1.807) is 13.2 Å². The SMILES string of the molecule is CNC(=O)C(C)Sc1nccn1-c1ccc(C)cc1C. The van der Waals surface area contributed by atoms with Gasteiger partial charge in [0.05, 0.1) is 10.9 Å². The second-order valence-corrected chi connectivity index (χ2v) is 6.05. The van der Waals surface area contributed by atoms with Crippen LogP contribution in [0.5, 0.6) is 0 Å². The molecule has 1 N–H and O–H groups in total. The van der Waals surface area contributed by atoms with Gasteiger partial charge in [-0.1, -0.05) is 29.5 Å². The third-order valence-corrected chi connectivity index (χ3v) is 4.20. The molecule has 1 heterocycles. The summed E-state index contributed by atoms with van der Waals surface area (Å²) in [6.07, 6.45) is 3.69. The molecule has 0 saturated carbocycles. The van der Waals surface area contributed by atoms with Crippen LogP contribution < -0.4 is 5.32 Å². The molecule has 1 aromatic carbocycles. The van der Waals surface area contributed by atoms with Crippen LogP contribution in [0.3, 0.4) is 0 Å². The molecular weight excluding hydrogens is 270 g/mol. The van der Waals surface area contributed by atoms with E-state index in [0.29, 0.717) is 0 Å². The van der Waals surface area contributed by atoms with Gasteiger partial charge in [-0.05, 0) is 32.4 Å². The molecule has 1 unspecified atom stereocenters. The normalized spacial score (nSPS) is 12.2. The van der Waals surface area contributed by atoms with Crippen LogP contribution in [0.15, 0.2) is 35.7 Å². The van der Waals surface area contributed by atoms with Crippen LogP contribution >= 0.6 is 11.8 Å². The van der Waals surface area contributed by atoms with Crippen molar-refractivity contribution < 1.29 is 4.79 Å². The fourth-order valence-corrected chi connectivity index (χ4v) is 2.99. The maximum Gasteiger partial charge on any atom is 0.233 e. The van der Waals surface area contributed by atoms with Gasteiger partial charge in [0.2, 0.25) is 5.91 Å². The summed E-state index contributed by atoms with van der Waals surface area (Å²) in [5, 5.41) is 3.31. The molecule has 0 radical (unpaired) electrons. The van der Waals surface area contributed by atoms with E-state index < -0.39 is 0 Å². The Morgan fingerprint density at radius 2 is 2.15 bits per heavy atom. The monoisotopic (exact) mass is 289 g/mol. The van der Waals surface area contributed by atoms with Gasteiger partial charge in [0.25, 0.3) is 0 Å². The third-order valence-electron chi connectivity index (χ3n) is 3.12. The average Bonchev–Trinajstić information content (AvgIpc) is 2.85. The zero-order valence-corrected chi connectivity index (χ0v) is 13.0. The number of thioether (sulfide) groups is 1. The summed E-state index contributed by atoms with van der Waals surface area (Å²) < 4.78 is 2.03.